The van der Waals surface area contributed by atoms with E-state index in [-0.39, 0.29) is 17.1 Å². The molecule has 5 heteroatoms. The molecule has 1 aliphatic carbocycles. The van der Waals surface area contributed by atoms with E-state index in [4.69, 9.17) is 0 Å². The molecule has 1 aromatic rings. The van der Waals surface area contributed by atoms with Crippen LogP contribution in [0.4, 0.5) is 10.1 Å². The normalized spacial score (nSPS) is 13.7. The Kier molecular flexibility index (Phi) is 8.20. The second-order valence-electron chi connectivity index (χ2n) is 4.41. The molecule has 0 unspecified atom stereocenters. The minimum absolute atomic E-state index is 0.00868. The third-order valence-electron chi connectivity index (χ3n) is 2.85. The number of amides is 2. The molecule has 0 bridgehead atoms. The summed E-state index contributed by atoms with van der Waals surface area (Å²) >= 11 is 0. The van der Waals surface area contributed by atoms with E-state index in [2.05, 4.69) is 10.6 Å². The first kappa shape index (κ1) is 18.1. The van der Waals surface area contributed by atoms with Gasteiger partial charge in [0.15, 0.2) is 0 Å². The molecule has 0 radical (unpaired) electrons. The lowest BCUT2D eigenvalue weighted by Crippen LogP contribution is -2.26. The summed E-state index contributed by atoms with van der Waals surface area (Å²) in [5.74, 6) is -0.117. The number of carbonyl (C=O) groups is 2. The van der Waals surface area contributed by atoms with Gasteiger partial charge < -0.3 is 10.6 Å². The number of hydrogen-bond donors (Lipinski definition) is 2. The molecule has 20 heavy (non-hydrogen) atoms. The van der Waals surface area contributed by atoms with Gasteiger partial charge in [0.1, 0.15) is 5.82 Å². The van der Waals surface area contributed by atoms with Crippen LogP contribution in [0.15, 0.2) is 24.3 Å². The van der Waals surface area contributed by atoms with Gasteiger partial charge in [-0.2, -0.15) is 0 Å². The number of benzene rings is 1. The van der Waals surface area contributed by atoms with Crippen molar-refractivity contribution < 1.29 is 14.0 Å². The average Bonchev–Trinajstić information content (AvgIpc) is 3.23. The molecule has 1 aliphatic rings. The van der Waals surface area contributed by atoms with E-state index in [1.165, 1.54) is 24.3 Å². The lowest BCUT2D eigenvalue weighted by atomic mass is 10.1. The fraction of sp³-hybridized carbons (Fsp3) is 0.467. The summed E-state index contributed by atoms with van der Waals surface area (Å²) in [6.07, 6.45) is 2.67. The lowest BCUT2D eigenvalue weighted by molar-refractivity contribution is -0.125. The minimum atomic E-state index is -0.309. The number of carbonyl (C=O) groups excluding carboxylic acids is 2. The van der Waals surface area contributed by atoms with Gasteiger partial charge in [-0.05, 0) is 37.1 Å². The number of rotatable bonds is 3. The highest BCUT2D eigenvalue weighted by Crippen LogP contribution is 2.44. The van der Waals surface area contributed by atoms with Gasteiger partial charge in [-0.25, -0.2) is 4.39 Å². The highest BCUT2D eigenvalue weighted by molar-refractivity contribution is 5.84. The Balaban J connectivity index is 0.000000327. The molecule has 1 aromatic carbocycles. The van der Waals surface area contributed by atoms with E-state index in [1.807, 2.05) is 20.8 Å². The predicted molar refractivity (Wildman–Crippen MR) is 78.8 cm³/mol. The van der Waals surface area contributed by atoms with Crippen molar-refractivity contribution in [2.75, 3.05) is 12.4 Å². The molecule has 0 spiro atoms. The molecule has 4 nitrogen and oxygen atoms in total. The Labute approximate surface area is 119 Å². The largest absolute Gasteiger partial charge is 0.359 e. The number of halogens is 1. The Morgan fingerprint density at radius 1 is 1.25 bits per heavy atom. The lowest BCUT2D eigenvalue weighted by Gasteiger charge is -2.02. The molecule has 2 N–H and O–H groups in total. The zero-order valence-electron chi connectivity index (χ0n) is 12.5. The molecule has 2 amide bonds. The first-order valence-electron chi connectivity index (χ1n) is 6.70. The fourth-order valence-corrected chi connectivity index (χ4v) is 1.33. The third kappa shape index (κ3) is 6.31. The Bertz CT molecular complexity index is 414. The van der Waals surface area contributed by atoms with Crippen molar-refractivity contribution in [2.24, 2.45) is 5.41 Å². The van der Waals surface area contributed by atoms with E-state index in [1.54, 1.807) is 7.05 Å². The van der Waals surface area contributed by atoms with Gasteiger partial charge in [-0.15, -0.1) is 0 Å². The first-order chi connectivity index (χ1) is 9.51. The highest BCUT2D eigenvalue weighted by atomic mass is 19.1. The SMILES string of the molecule is CC.CNC(=O)C1(C)CC1.O=CNc1ccc(F)cc1. The molecule has 0 aromatic heterocycles. The Morgan fingerprint density at radius 3 is 2.05 bits per heavy atom. The van der Waals surface area contributed by atoms with Crippen LogP contribution in [0, 0.1) is 11.2 Å². The summed E-state index contributed by atoms with van der Waals surface area (Å²) in [7, 11) is 1.69. The van der Waals surface area contributed by atoms with Gasteiger partial charge in [0.05, 0.1) is 0 Å². The topological polar surface area (TPSA) is 58.2 Å². The van der Waals surface area contributed by atoms with Crippen LogP contribution in [0.3, 0.4) is 0 Å². The Hall–Kier alpha value is -1.91. The monoisotopic (exact) mass is 282 g/mol. The minimum Gasteiger partial charge on any atom is -0.359 e. The molecule has 0 heterocycles. The van der Waals surface area contributed by atoms with Crippen LogP contribution in [-0.2, 0) is 9.59 Å². The molecule has 1 fully saturated rings. The molecule has 0 aliphatic heterocycles. The molecule has 112 valence electrons. The maximum atomic E-state index is 12.2. The molecule has 1 saturated carbocycles. The van der Waals surface area contributed by atoms with Crippen LogP contribution in [-0.4, -0.2) is 19.4 Å². The fourth-order valence-electron chi connectivity index (χ4n) is 1.33. The number of anilines is 1. The van der Waals surface area contributed by atoms with Crippen molar-refractivity contribution in [1.82, 2.24) is 5.32 Å². The summed E-state index contributed by atoms with van der Waals surface area (Å²) in [6.45, 7) is 5.99. The smallest absolute Gasteiger partial charge is 0.225 e. The summed E-state index contributed by atoms with van der Waals surface area (Å²) < 4.78 is 12.2. The van der Waals surface area contributed by atoms with Crippen molar-refractivity contribution >= 4 is 18.0 Å². The number of hydrogen-bond acceptors (Lipinski definition) is 2. The van der Waals surface area contributed by atoms with Crippen molar-refractivity contribution in [3.8, 4) is 0 Å². The van der Waals surface area contributed by atoms with Crippen molar-refractivity contribution in [3.05, 3.63) is 30.1 Å². The Morgan fingerprint density at radius 2 is 1.75 bits per heavy atom. The van der Waals surface area contributed by atoms with Gasteiger partial charge in [-0.3, -0.25) is 9.59 Å². The summed E-state index contributed by atoms with van der Waals surface area (Å²) in [5, 5.41) is 5.02. The van der Waals surface area contributed by atoms with Gasteiger partial charge in [0, 0.05) is 18.2 Å². The van der Waals surface area contributed by atoms with Crippen LogP contribution >= 0.6 is 0 Å². The van der Waals surface area contributed by atoms with E-state index in [0.29, 0.717) is 12.1 Å². The van der Waals surface area contributed by atoms with Crippen LogP contribution in [0.25, 0.3) is 0 Å². The second-order valence-corrected chi connectivity index (χ2v) is 4.41. The molecule has 0 saturated heterocycles. The van der Waals surface area contributed by atoms with Crippen LogP contribution in [0.5, 0.6) is 0 Å². The summed E-state index contributed by atoms with van der Waals surface area (Å²) in [6, 6.07) is 5.55. The van der Waals surface area contributed by atoms with E-state index in [0.717, 1.165) is 12.8 Å². The standard InChI is InChI=1S/C7H6FNO.C6H11NO.C2H6/c8-6-1-3-7(4-2-6)9-5-10;1-6(3-4-6)5(8)7-2;1-2/h1-5H,(H,9,10);3-4H2,1-2H3,(H,7,8);1-2H3. The van der Waals surface area contributed by atoms with Crippen molar-refractivity contribution in [3.63, 3.8) is 0 Å². The van der Waals surface area contributed by atoms with Crippen LogP contribution in [0.2, 0.25) is 0 Å². The summed E-state index contributed by atoms with van der Waals surface area (Å²) in [5.41, 5.74) is 0.603. The maximum Gasteiger partial charge on any atom is 0.225 e. The third-order valence-corrected chi connectivity index (χ3v) is 2.85. The first-order valence-corrected chi connectivity index (χ1v) is 6.70. The van der Waals surface area contributed by atoms with Gasteiger partial charge in [-0.1, -0.05) is 20.8 Å². The van der Waals surface area contributed by atoms with Crippen LogP contribution < -0.4 is 10.6 Å². The summed E-state index contributed by atoms with van der Waals surface area (Å²) in [4.78, 5) is 20.6. The average molecular weight is 282 g/mol. The van der Waals surface area contributed by atoms with E-state index >= 15 is 0 Å². The molecule has 0 atom stereocenters. The molecular weight excluding hydrogens is 259 g/mol. The predicted octanol–water partition coefficient (Wildman–Crippen LogP) is 2.95. The van der Waals surface area contributed by atoms with Crippen LogP contribution in [0.1, 0.15) is 33.6 Å². The van der Waals surface area contributed by atoms with E-state index in [9.17, 15) is 14.0 Å². The second kappa shape index (κ2) is 9.07. The molecular formula is C15H23FN2O2. The highest BCUT2D eigenvalue weighted by Gasteiger charge is 2.44. The van der Waals surface area contributed by atoms with Crippen molar-refractivity contribution in [2.45, 2.75) is 33.6 Å². The van der Waals surface area contributed by atoms with Gasteiger partial charge in [0.2, 0.25) is 12.3 Å². The zero-order chi connectivity index (χ0) is 15.6. The molecule has 2 rings (SSSR count). The number of nitrogens with one attached hydrogen (secondary N) is 2. The van der Waals surface area contributed by atoms with Gasteiger partial charge in [0.25, 0.3) is 0 Å². The zero-order valence-corrected chi connectivity index (χ0v) is 12.5. The van der Waals surface area contributed by atoms with Crippen molar-refractivity contribution in [1.29, 1.82) is 0 Å². The van der Waals surface area contributed by atoms with Gasteiger partial charge >= 0.3 is 0 Å². The van der Waals surface area contributed by atoms with E-state index < -0.39 is 0 Å². The maximum absolute atomic E-state index is 12.2. The quantitative estimate of drug-likeness (QED) is 0.837.